The van der Waals surface area contributed by atoms with E-state index < -0.39 is 7.60 Å². The van der Waals surface area contributed by atoms with Crippen molar-refractivity contribution in [1.82, 2.24) is 0 Å². The van der Waals surface area contributed by atoms with Gasteiger partial charge in [0.2, 0.25) is 0 Å². The van der Waals surface area contributed by atoms with E-state index in [0.29, 0.717) is 5.33 Å². The third-order valence-corrected chi connectivity index (χ3v) is 2.85. The van der Waals surface area contributed by atoms with Gasteiger partial charge in [0.25, 0.3) is 0 Å². The Morgan fingerprint density at radius 3 is 2.30 bits per heavy atom. The summed E-state index contributed by atoms with van der Waals surface area (Å²) in [6.45, 7) is 0. The lowest BCUT2D eigenvalue weighted by Crippen LogP contribution is -1.82. The number of hydrogen-bond donors (Lipinski definition) is 0. The van der Waals surface area contributed by atoms with Gasteiger partial charge < -0.3 is 9.05 Å². The highest BCUT2D eigenvalue weighted by atomic mass is 79.9. The van der Waals surface area contributed by atoms with Crippen LogP contribution in [-0.2, 0) is 13.6 Å². The smallest absolute Gasteiger partial charge is 0.309 e. The fraction of sp³-hybridized carbons (Fsp3) is 0.600. The molecule has 0 aromatic carbocycles. The van der Waals surface area contributed by atoms with E-state index in [9.17, 15) is 4.57 Å². The molecule has 0 aliphatic rings. The van der Waals surface area contributed by atoms with E-state index in [2.05, 4.69) is 25.0 Å². The second kappa shape index (κ2) is 5.08. The predicted octanol–water partition coefficient (Wildman–Crippen LogP) is 2.38. The molecule has 0 atom stereocenters. The van der Waals surface area contributed by atoms with Gasteiger partial charge in [0, 0.05) is 25.4 Å². The molecule has 0 bridgehead atoms. The molecule has 10 heavy (non-hydrogen) atoms. The van der Waals surface area contributed by atoms with Gasteiger partial charge in [0.05, 0.1) is 0 Å². The van der Waals surface area contributed by atoms with Crippen molar-refractivity contribution >= 4 is 23.5 Å². The molecule has 0 aromatic heterocycles. The van der Waals surface area contributed by atoms with Gasteiger partial charge in [-0.1, -0.05) is 22.0 Å². The first kappa shape index (κ1) is 10.4. The van der Waals surface area contributed by atoms with Crippen molar-refractivity contribution in [2.24, 2.45) is 0 Å². The summed E-state index contributed by atoms with van der Waals surface area (Å²) < 4.78 is 20.4. The molecule has 0 aliphatic heterocycles. The van der Waals surface area contributed by atoms with Crippen molar-refractivity contribution in [3.8, 4) is 0 Å². The molecule has 0 N–H and O–H groups in total. The van der Waals surface area contributed by atoms with Crippen molar-refractivity contribution in [1.29, 1.82) is 0 Å². The van der Waals surface area contributed by atoms with E-state index in [1.54, 1.807) is 6.08 Å². The highest BCUT2D eigenvalue weighted by Gasteiger charge is 2.14. The first-order valence-electron chi connectivity index (χ1n) is 2.63. The highest BCUT2D eigenvalue weighted by molar-refractivity contribution is 9.09. The van der Waals surface area contributed by atoms with Crippen molar-refractivity contribution in [2.75, 3.05) is 19.5 Å². The summed E-state index contributed by atoms with van der Waals surface area (Å²) in [6.07, 6.45) is 1.67. The summed E-state index contributed by atoms with van der Waals surface area (Å²) in [7, 11) is -0.208. The van der Waals surface area contributed by atoms with E-state index in [-0.39, 0.29) is 0 Å². The van der Waals surface area contributed by atoms with Crippen molar-refractivity contribution in [3.63, 3.8) is 0 Å². The minimum absolute atomic E-state index is 0.643. The zero-order valence-electron chi connectivity index (χ0n) is 5.91. The van der Waals surface area contributed by atoms with Gasteiger partial charge >= 0.3 is 7.60 Å². The number of allylic oxidation sites excluding steroid dienone is 1. The Morgan fingerprint density at radius 2 is 2.00 bits per heavy atom. The lowest BCUT2D eigenvalue weighted by molar-refractivity contribution is 0.286. The average Bonchev–Trinajstić information content (AvgIpc) is 2.00. The quantitative estimate of drug-likeness (QED) is 0.548. The predicted molar refractivity (Wildman–Crippen MR) is 44.6 cm³/mol. The standard InChI is InChI=1S/C5H10BrO3P/c1-8-10(7,9-2)5-3-4-6/h3,5H,4H2,1-2H3. The molecule has 0 radical (unpaired) electrons. The Kier molecular flexibility index (Phi) is 5.27. The van der Waals surface area contributed by atoms with Crippen molar-refractivity contribution < 1.29 is 13.6 Å². The van der Waals surface area contributed by atoms with Gasteiger partial charge in [-0.25, -0.2) is 0 Å². The maximum Gasteiger partial charge on any atom is 0.353 e. The molecule has 0 aromatic rings. The van der Waals surface area contributed by atoms with Crippen LogP contribution in [0.1, 0.15) is 0 Å². The second-order valence-corrected chi connectivity index (χ2v) is 4.20. The summed E-state index contributed by atoms with van der Waals surface area (Å²) in [6, 6.07) is 0. The average molecular weight is 229 g/mol. The minimum Gasteiger partial charge on any atom is -0.309 e. The molecule has 0 fully saturated rings. The summed E-state index contributed by atoms with van der Waals surface area (Å²) in [5, 5.41) is 0.643. The van der Waals surface area contributed by atoms with Crippen molar-refractivity contribution in [2.45, 2.75) is 0 Å². The Labute approximate surface area is 69.1 Å². The SMILES string of the molecule is COP(=O)(C=CCBr)OC. The monoisotopic (exact) mass is 228 g/mol. The fourth-order valence-corrected chi connectivity index (χ4v) is 1.60. The van der Waals surface area contributed by atoms with E-state index in [0.717, 1.165) is 0 Å². The maximum absolute atomic E-state index is 11.2. The van der Waals surface area contributed by atoms with Crippen LogP contribution < -0.4 is 0 Å². The minimum atomic E-state index is -2.91. The molecule has 0 rings (SSSR count). The van der Waals surface area contributed by atoms with Gasteiger partial charge in [-0.05, 0) is 0 Å². The summed E-state index contributed by atoms with van der Waals surface area (Å²) in [4.78, 5) is 0. The summed E-state index contributed by atoms with van der Waals surface area (Å²) in [5.41, 5.74) is 0. The Hall–Kier alpha value is 0.370. The number of hydrogen-bond acceptors (Lipinski definition) is 3. The number of alkyl halides is 1. The Balaban J connectivity index is 4.07. The van der Waals surface area contributed by atoms with E-state index in [1.165, 1.54) is 20.0 Å². The molecular formula is C5H10BrO3P. The zero-order chi connectivity index (χ0) is 8.04. The van der Waals surface area contributed by atoms with E-state index >= 15 is 0 Å². The molecule has 0 heterocycles. The molecular weight excluding hydrogens is 219 g/mol. The highest BCUT2D eigenvalue weighted by Crippen LogP contribution is 2.47. The normalized spacial score (nSPS) is 12.7. The maximum atomic E-state index is 11.2. The molecule has 0 unspecified atom stereocenters. The summed E-state index contributed by atoms with van der Waals surface area (Å²) >= 11 is 3.14. The lowest BCUT2D eigenvalue weighted by Gasteiger charge is -2.06. The first-order chi connectivity index (χ1) is 4.68. The van der Waals surface area contributed by atoms with E-state index in [4.69, 9.17) is 0 Å². The van der Waals surface area contributed by atoms with Gasteiger partial charge in [-0.2, -0.15) is 0 Å². The van der Waals surface area contributed by atoms with Crippen LogP contribution in [0.25, 0.3) is 0 Å². The van der Waals surface area contributed by atoms with E-state index in [1.807, 2.05) is 0 Å². The molecule has 3 nitrogen and oxygen atoms in total. The van der Waals surface area contributed by atoms with Crippen LogP contribution in [0.15, 0.2) is 11.9 Å². The zero-order valence-corrected chi connectivity index (χ0v) is 8.39. The van der Waals surface area contributed by atoms with Gasteiger partial charge in [-0.15, -0.1) is 0 Å². The summed E-state index contributed by atoms with van der Waals surface area (Å²) in [5.74, 6) is 1.42. The topological polar surface area (TPSA) is 35.5 Å². The largest absolute Gasteiger partial charge is 0.353 e. The fourth-order valence-electron chi connectivity index (χ4n) is 0.365. The van der Waals surface area contributed by atoms with Crippen LogP contribution >= 0.6 is 23.5 Å². The van der Waals surface area contributed by atoms with Crippen LogP contribution in [0, 0.1) is 0 Å². The van der Waals surface area contributed by atoms with Crippen LogP contribution in [0.5, 0.6) is 0 Å². The number of halogens is 1. The molecule has 0 amide bonds. The van der Waals surface area contributed by atoms with Crippen molar-refractivity contribution in [3.05, 3.63) is 11.9 Å². The number of rotatable bonds is 4. The molecule has 5 heteroatoms. The molecule has 0 saturated heterocycles. The van der Waals surface area contributed by atoms with Crippen LogP contribution in [0.2, 0.25) is 0 Å². The Morgan fingerprint density at radius 1 is 1.50 bits per heavy atom. The first-order valence-corrected chi connectivity index (χ1v) is 5.36. The van der Waals surface area contributed by atoms with Gasteiger partial charge in [0.1, 0.15) is 0 Å². The van der Waals surface area contributed by atoms with Gasteiger partial charge in [0.15, 0.2) is 0 Å². The van der Waals surface area contributed by atoms with Crippen LogP contribution in [-0.4, -0.2) is 19.5 Å². The molecule has 60 valence electrons. The van der Waals surface area contributed by atoms with Gasteiger partial charge in [-0.3, -0.25) is 4.57 Å². The third kappa shape index (κ3) is 3.52. The third-order valence-electron chi connectivity index (χ3n) is 0.886. The molecule has 0 saturated carbocycles. The second-order valence-electron chi connectivity index (χ2n) is 1.44. The molecule has 0 spiro atoms. The van der Waals surface area contributed by atoms with Crippen LogP contribution in [0.4, 0.5) is 0 Å². The molecule has 0 aliphatic carbocycles. The van der Waals surface area contributed by atoms with Crippen LogP contribution in [0.3, 0.4) is 0 Å². The lowest BCUT2D eigenvalue weighted by atomic mass is 10.8. The Bertz CT molecular complexity index is 149.